The van der Waals surface area contributed by atoms with E-state index in [2.05, 4.69) is 49.7 Å². The SMILES string of the molecule is CC(C)c1cc(Br)c(C(C)C)o1. The van der Waals surface area contributed by atoms with Crippen molar-refractivity contribution in [1.82, 2.24) is 0 Å². The van der Waals surface area contributed by atoms with Crippen LogP contribution in [0.1, 0.15) is 51.1 Å². The van der Waals surface area contributed by atoms with Crippen molar-refractivity contribution in [2.75, 3.05) is 0 Å². The summed E-state index contributed by atoms with van der Waals surface area (Å²) in [6.45, 7) is 8.53. The largest absolute Gasteiger partial charge is 0.464 e. The highest BCUT2D eigenvalue weighted by atomic mass is 79.9. The van der Waals surface area contributed by atoms with Crippen LogP contribution in [0, 0.1) is 0 Å². The van der Waals surface area contributed by atoms with Gasteiger partial charge < -0.3 is 4.42 Å². The highest BCUT2D eigenvalue weighted by Gasteiger charge is 2.13. The molecule has 1 aromatic rings. The minimum Gasteiger partial charge on any atom is -0.464 e. The van der Waals surface area contributed by atoms with E-state index in [1.807, 2.05) is 0 Å². The van der Waals surface area contributed by atoms with Gasteiger partial charge in [-0.1, -0.05) is 27.7 Å². The molecule has 1 nitrogen and oxygen atoms in total. The minimum atomic E-state index is 0.451. The lowest BCUT2D eigenvalue weighted by molar-refractivity contribution is 0.431. The molecule has 1 aromatic heterocycles. The highest BCUT2D eigenvalue weighted by Crippen LogP contribution is 2.31. The zero-order valence-electron chi connectivity index (χ0n) is 8.02. The molecule has 0 aliphatic heterocycles. The smallest absolute Gasteiger partial charge is 0.120 e. The first-order valence-electron chi connectivity index (χ1n) is 4.31. The van der Waals surface area contributed by atoms with E-state index in [0.29, 0.717) is 11.8 Å². The van der Waals surface area contributed by atoms with Gasteiger partial charge in [0.2, 0.25) is 0 Å². The minimum absolute atomic E-state index is 0.451. The van der Waals surface area contributed by atoms with Gasteiger partial charge in [0.15, 0.2) is 0 Å². The maximum atomic E-state index is 5.69. The van der Waals surface area contributed by atoms with E-state index in [0.717, 1.165) is 16.0 Å². The Morgan fingerprint density at radius 1 is 1.17 bits per heavy atom. The molecular weight excluding hydrogens is 216 g/mol. The van der Waals surface area contributed by atoms with Crippen LogP contribution in [0.2, 0.25) is 0 Å². The quantitative estimate of drug-likeness (QED) is 0.739. The van der Waals surface area contributed by atoms with Crippen molar-refractivity contribution in [2.45, 2.75) is 39.5 Å². The molecule has 0 radical (unpaired) electrons. The third-order valence-corrected chi connectivity index (χ3v) is 2.45. The van der Waals surface area contributed by atoms with Crippen LogP contribution >= 0.6 is 15.9 Å². The summed E-state index contributed by atoms with van der Waals surface area (Å²) in [6.07, 6.45) is 0. The van der Waals surface area contributed by atoms with E-state index in [1.54, 1.807) is 0 Å². The van der Waals surface area contributed by atoms with E-state index >= 15 is 0 Å². The van der Waals surface area contributed by atoms with E-state index in [1.165, 1.54) is 0 Å². The Hall–Kier alpha value is -0.240. The molecule has 0 unspecified atom stereocenters. The first kappa shape index (κ1) is 9.85. The van der Waals surface area contributed by atoms with Crippen molar-refractivity contribution in [2.24, 2.45) is 0 Å². The molecule has 2 heteroatoms. The fourth-order valence-corrected chi connectivity index (χ4v) is 1.84. The number of rotatable bonds is 2. The molecule has 0 atom stereocenters. The molecule has 1 heterocycles. The van der Waals surface area contributed by atoms with Gasteiger partial charge in [-0.25, -0.2) is 0 Å². The molecule has 0 saturated carbocycles. The monoisotopic (exact) mass is 230 g/mol. The lowest BCUT2D eigenvalue weighted by Gasteiger charge is -2.01. The fourth-order valence-electron chi connectivity index (χ4n) is 1.08. The van der Waals surface area contributed by atoms with Gasteiger partial charge in [0.25, 0.3) is 0 Å². The average molecular weight is 231 g/mol. The molecule has 0 aliphatic carbocycles. The summed E-state index contributed by atoms with van der Waals surface area (Å²) < 4.78 is 6.79. The Morgan fingerprint density at radius 3 is 2.00 bits per heavy atom. The third-order valence-electron chi connectivity index (χ3n) is 1.83. The zero-order valence-corrected chi connectivity index (χ0v) is 9.60. The van der Waals surface area contributed by atoms with Gasteiger partial charge in [-0.05, 0) is 22.0 Å². The molecular formula is C10H15BrO. The Bertz CT molecular complexity index is 261. The molecule has 0 aliphatic rings. The van der Waals surface area contributed by atoms with Crippen molar-refractivity contribution in [3.05, 3.63) is 22.1 Å². The number of hydrogen-bond donors (Lipinski definition) is 0. The van der Waals surface area contributed by atoms with Crippen molar-refractivity contribution >= 4 is 15.9 Å². The standard InChI is InChI=1S/C10H15BrO/c1-6(2)9-5-8(11)10(12-9)7(3)4/h5-7H,1-4H3. The summed E-state index contributed by atoms with van der Waals surface area (Å²) in [5.41, 5.74) is 0. The summed E-state index contributed by atoms with van der Waals surface area (Å²) in [5, 5.41) is 0. The fraction of sp³-hybridized carbons (Fsp3) is 0.600. The molecule has 0 bridgehead atoms. The van der Waals surface area contributed by atoms with Gasteiger partial charge in [0.1, 0.15) is 11.5 Å². The predicted octanol–water partition coefficient (Wildman–Crippen LogP) is 4.29. The third kappa shape index (κ3) is 1.92. The van der Waals surface area contributed by atoms with Crippen LogP contribution in [0.25, 0.3) is 0 Å². The topological polar surface area (TPSA) is 13.1 Å². The molecule has 0 spiro atoms. The average Bonchev–Trinajstić information content (AvgIpc) is 2.30. The van der Waals surface area contributed by atoms with Crippen molar-refractivity contribution in [1.29, 1.82) is 0 Å². The first-order chi connectivity index (χ1) is 5.52. The van der Waals surface area contributed by atoms with Crippen LogP contribution in [0.5, 0.6) is 0 Å². The number of furan rings is 1. The number of halogens is 1. The van der Waals surface area contributed by atoms with Gasteiger partial charge in [-0.15, -0.1) is 0 Å². The second-order valence-corrected chi connectivity index (χ2v) is 4.52. The summed E-state index contributed by atoms with van der Waals surface area (Å²) >= 11 is 3.49. The van der Waals surface area contributed by atoms with E-state index < -0.39 is 0 Å². The molecule has 0 saturated heterocycles. The van der Waals surface area contributed by atoms with Gasteiger partial charge in [-0.2, -0.15) is 0 Å². The van der Waals surface area contributed by atoms with Gasteiger partial charge in [0, 0.05) is 11.8 Å². The second-order valence-electron chi connectivity index (χ2n) is 3.67. The summed E-state index contributed by atoms with van der Waals surface area (Å²) in [4.78, 5) is 0. The van der Waals surface area contributed by atoms with Crippen LogP contribution in [0.15, 0.2) is 15.0 Å². The van der Waals surface area contributed by atoms with Crippen molar-refractivity contribution in [3.8, 4) is 0 Å². The molecule has 0 N–H and O–H groups in total. The Labute approximate surface area is 82.3 Å². The lowest BCUT2D eigenvalue weighted by atomic mass is 10.1. The Balaban J connectivity index is 3.00. The summed E-state index contributed by atoms with van der Waals surface area (Å²) in [7, 11) is 0. The van der Waals surface area contributed by atoms with E-state index in [9.17, 15) is 0 Å². The van der Waals surface area contributed by atoms with E-state index in [4.69, 9.17) is 4.42 Å². The van der Waals surface area contributed by atoms with Crippen LogP contribution in [0.3, 0.4) is 0 Å². The van der Waals surface area contributed by atoms with Crippen LogP contribution in [-0.2, 0) is 0 Å². The summed E-state index contributed by atoms with van der Waals surface area (Å²) in [5.74, 6) is 3.03. The first-order valence-corrected chi connectivity index (χ1v) is 5.10. The van der Waals surface area contributed by atoms with Crippen LogP contribution < -0.4 is 0 Å². The molecule has 0 amide bonds. The second kappa shape index (κ2) is 3.65. The molecule has 68 valence electrons. The maximum absolute atomic E-state index is 5.69. The predicted molar refractivity (Wildman–Crippen MR) is 54.6 cm³/mol. The Kier molecular flexibility index (Phi) is 2.99. The molecule has 12 heavy (non-hydrogen) atoms. The van der Waals surface area contributed by atoms with Crippen molar-refractivity contribution in [3.63, 3.8) is 0 Å². The van der Waals surface area contributed by atoms with Gasteiger partial charge >= 0.3 is 0 Å². The highest BCUT2D eigenvalue weighted by molar-refractivity contribution is 9.10. The van der Waals surface area contributed by atoms with E-state index in [-0.39, 0.29) is 0 Å². The lowest BCUT2D eigenvalue weighted by Crippen LogP contribution is -1.84. The molecule has 1 rings (SSSR count). The summed E-state index contributed by atoms with van der Waals surface area (Å²) in [6, 6.07) is 2.07. The van der Waals surface area contributed by atoms with Gasteiger partial charge in [-0.3, -0.25) is 0 Å². The van der Waals surface area contributed by atoms with Crippen molar-refractivity contribution < 1.29 is 4.42 Å². The number of hydrogen-bond acceptors (Lipinski definition) is 1. The van der Waals surface area contributed by atoms with Crippen LogP contribution in [-0.4, -0.2) is 0 Å². The Morgan fingerprint density at radius 2 is 1.75 bits per heavy atom. The molecule has 0 fully saturated rings. The van der Waals surface area contributed by atoms with Gasteiger partial charge in [0.05, 0.1) is 4.47 Å². The molecule has 0 aromatic carbocycles. The van der Waals surface area contributed by atoms with Crippen LogP contribution in [0.4, 0.5) is 0 Å². The zero-order chi connectivity index (χ0) is 9.30. The normalized spacial score (nSPS) is 11.6. The maximum Gasteiger partial charge on any atom is 0.120 e.